The van der Waals surface area contributed by atoms with Crippen LogP contribution in [0.4, 0.5) is 46.0 Å². The lowest BCUT2D eigenvalue weighted by Gasteiger charge is -2.25. The van der Waals surface area contributed by atoms with Crippen molar-refractivity contribution in [3.8, 4) is 0 Å². The van der Waals surface area contributed by atoms with Crippen molar-refractivity contribution < 1.29 is 32.3 Å². The number of benzene rings is 2. The molecule has 0 saturated heterocycles. The van der Waals surface area contributed by atoms with Gasteiger partial charge in [0, 0.05) is 19.2 Å². The van der Waals surface area contributed by atoms with Crippen molar-refractivity contribution >= 4 is 51.6 Å². The number of halogens is 6. The smallest absolute Gasteiger partial charge is 0.336 e. The second-order valence-corrected chi connectivity index (χ2v) is 6.33. The van der Waals surface area contributed by atoms with Crippen LogP contribution in [0.5, 0.6) is 0 Å². The Balaban J connectivity index is 2.94. The normalized spacial score (nSPS) is 11.3. The third-order valence-electron chi connectivity index (χ3n) is 3.77. The molecule has 2 aromatic rings. The molecule has 0 fully saturated rings. The molecule has 0 N–H and O–H groups in total. The van der Waals surface area contributed by atoms with Gasteiger partial charge in [0.1, 0.15) is 10.7 Å². The molecular formula is C14H6Cl2F4N4O6. The summed E-state index contributed by atoms with van der Waals surface area (Å²) < 4.78 is 54.9. The predicted molar refractivity (Wildman–Crippen MR) is 95.9 cm³/mol. The number of nitro benzene ring substituents is 3. The van der Waals surface area contributed by atoms with Gasteiger partial charge in [0.05, 0.1) is 37.1 Å². The number of non-ortho nitro benzene ring substituents is 1. The summed E-state index contributed by atoms with van der Waals surface area (Å²) in [6.07, 6.45) is -5.32. The molecule has 2 aromatic carbocycles. The molecular weight excluding hydrogens is 467 g/mol. The molecule has 0 aliphatic heterocycles. The average Bonchev–Trinajstić information content (AvgIpc) is 2.62. The Bertz CT molecular complexity index is 1100. The maximum absolute atomic E-state index is 14.2. The molecule has 0 spiro atoms. The Kier molecular flexibility index (Phi) is 6.04. The summed E-state index contributed by atoms with van der Waals surface area (Å²) in [5.74, 6) is -1.65. The zero-order valence-corrected chi connectivity index (χ0v) is 15.8. The van der Waals surface area contributed by atoms with Crippen LogP contribution in [0, 0.1) is 36.2 Å². The molecule has 10 nitrogen and oxygen atoms in total. The quantitative estimate of drug-likeness (QED) is 0.237. The molecule has 0 heterocycles. The van der Waals surface area contributed by atoms with E-state index >= 15 is 0 Å². The fourth-order valence-electron chi connectivity index (χ4n) is 2.54. The van der Waals surface area contributed by atoms with Crippen LogP contribution in [-0.2, 0) is 6.18 Å². The van der Waals surface area contributed by atoms with Crippen LogP contribution in [0.3, 0.4) is 0 Å². The summed E-state index contributed by atoms with van der Waals surface area (Å²) in [6, 6.07) is 0.770. The Labute approximate surface area is 172 Å². The van der Waals surface area contributed by atoms with Crippen LogP contribution in [-0.4, -0.2) is 21.8 Å². The zero-order chi connectivity index (χ0) is 23.1. The van der Waals surface area contributed by atoms with Crippen molar-refractivity contribution in [1.29, 1.82) is 0 Å². The zero-order valence-electron chi connectivity index (χ0n) is 14.2. The second kappa shape index (κ2) is 7.87. The molecule has 0 bridgehead atoms. The van der Waals surface area contributed by atoms with Gasteiger partial charge in [-0.05, 0) is 0 Å². The monoisotopic (exact) mass is 472 g/mol. The van der Waals surface area contributed by atoms with Crippen LogP contribution in [0.15, 0.2) is 18.2 Å². The first kappa shape index (κ1) is 23.0. The Hall–Kier alpha value is -3.26. The van der Waals surface area contributed by atoms with E-state index in [9.17, 15) is 47.9 Å². The Morgan fingerprint density at radius 1 is 0.900 bits per heavy atom. The fourth-order valence-corrected chi connectivity index (χ4v) is 3.24. The molecule has 0 aliphatic carbocycles. The Morgan fingerprint density at radius 2 is 1.43 bits per heavy atom. The molecule has 16 heteroatoms. The minimum atomic E-state index is -5.32. The number of hydrogen-bond acceptors (Lipinski definition) is 7. The van der Waals surface area contributed by atoms with E-state index < -0.39 is 70.8 Å². The van der Waals surface area contributed by atoms with Crippen LogP contribution in [0.25, 0.3) is 0 Å². The first-order valence-electron chi connectivity index (χ1n) is 7.28. The number of rotatable bonds is 5. The summed E-state index contributed by atoms with van der Waals surface area (Å²) in [6.45, 7) is 0. The lowest BCUT2D eigenvalue weighted by Crippen LogP contribution is -2.20. The van der Waals surface area contributed by atoms with Gasteiger partial charge in [-0.25, -0.2) is 0 Å². The molecule has 0 atom stereocenters. The van der Waals surface area contributed by atoms with Gasteiger partial charge in [-0.2, -0.15) is 17.6 Å². The minimum absolute atomic E-state index is 0.0440. The number of nitro groups is 3. The fraction of sp³-hybridized carbons (Fsp3) is 0.143. The molecule has 0 aliphatic rings. The molecule has 160 valence electrons. The number of alkyl halides is 3. The predicted octanol–water partition coefficient (Wildman–Crippen LogP) is 5.64. The molecule has 0 radical (unpaired) electrons. The highest BCUT2D eigenvalue weighted by molar-refractivity contribution is 6.40. The summed E-state index contributed by atoms with van der Waals surface area (Å²) in [7, 11) is 0.793. The standard InChI is InChI=1S/C14H6Cl2F4N4O6/c1-21(13-7(15)4-8(23(27)28)11(17)10(13)16)12-6(14(18,19)20)2-5(22(25)26)3-9(12)24(29)30/h2-4H,1H3. The van der Waals surface area contributed by atoms with Crippen molar-refractivity contribution in [2.24, 2.45) is 0 Å². The highest BCUT2D eigenvalue weighted by Gasteiger charge is 2.42. The SMILES string of the molecule is CN(c1c([N+](=O)[O-])cc([N+](=O)[O-])cc1C(F)(F)F)c1c(Cl)cc([N+](=O)[O-])c(F)c1Cl. The van der Waals surface area contributed by atoms with Crippen molar-refractivity contribution in [2.45, 2.75) is 6.18 Å². The largest absolute Gasteiger partial charge is 0.418 e. The summed E-state index contributed by atoms with van der Waals surface area (Å²) in [4.78, 5) is 29.7. The summed E-state index contributed by atoms with van der Waals surface area (Å²) >= 11 is 11.5. The van der Waals surface area contributed by atoms with E-state index in [4.69, 9.17) is 23.2 Å². The number of anilines is 2. The third kappa shape index (κ3) is 4.04. The lowest BCUT2D eigenvalue weighted by molar-refractivity contribution is -0.394. The van der Waals surface area contributed by atoms with Crippen molar-refractivity contribution in [1.82, 2.24) is 0 Å². The molecule has 0 amide bonds. The summed E-state index contributed by atoms with van der Waals surface area (Å²) in [5, 5.41) is 31.3. The first-order valence-corrected chi connectivity index (χ1v) is 8.03. The molecule has 0 saturated carbocycles. The molecule has 0 aromatic heterocycles. The highest BCUT2D eigenvalue weighted by Crippen LogP contribution is 2.49. The van der Waals surface area contributed by atoms with E-state index in [1.165, 1.54) is 0 Å². The van der Waals surface area contributed by atoms with E-state index in [1.54, 1.807) is 0 Å². The number of nitrogens with zero attached hydrogens (tertiary/aromatic N) is 4. The number of hydrogen-bond donors (Lipinski definition) is 0. The second-order valence-electron chi connectivity index (χ2n) is 5.54. The molecule has 0 unspecified atom stereocenters. The van der Waals surface area contributed by atoms with E-state index in [2.05, 4.69) is 0 Å². The maximum atomic E-state index is 14.2. The van der Waals surface area contributed by atoms with Gasteiger partial charge in [-0.3, -0.25) is 30.3 Å². The molecule has 30 heavy (non-hydrogen) atoms. The first-order chi connectivity index (χ1) is 13.7. The van der Waals surface area contributed by atoms with E-state index in [-0.39, 0.29) is 12.1 Å². The van der Waals surface area contributed by atoms with Gasteiger partial charge in [-0.1, -0.05) is 23.2 Å². The van der Waals surface area contributed by atoms with Gasteiger partial charge in [-0.15, -0.1) is 0 Å². The van der Waals surface area contributed by atoms with Gasteiger partial charge in [0.25, 0.3) is 11.4 Å². The lowest BCUT2D eigenvalue weighted by atomic mass is 10.1. The molecule has 2 rings (SSSR count). The topological polar surface area (TPSA) is 133 Å². The van der Waals surface area contributed by atoms with Crippen LogP contribution in [0.2, 0.25) is 10.0 Å². The Morgan fingerprint density at radius 3 is 1.87 bits per heavy atom. The van der Waals surface area contributed by atoms with Gasteiger partial charge < -0.3 is 4.90 Å². The average molecular weight is 473 g/mol. The van der Waals surface area contributed by atoms with Crippen LogP contribution >= 0.6 is 23.2 Å². The van der Waals surface area contributed by atoms with Gasteiger partial charge >= 0.3 is 11.9 Å². The van der Waals surface area contributed by atoms with Crippen LogP contribution < -0.4 is 4.90 Å². The minimum Gasteiger partial charge on any atom is -0.336 e. The van der Waals surface area contributed by atoms with Crippen molar-refractivity contribution in [3.05, 3.63) is 70.0 Å². The maximum Gasteiger partial charge on any atom is 0.418 e. The van der Waals surface area contributed by atoms with Gasteiger partial charge in [0.15, 0.2) is 0 Å². The summed E-state index contributed by atoms with van der Waals surface area (Å²) in [5.41, 5.74) is -7.57. The van der Waals surface area contributed by atoms with Crippen LogP contribution in [0.1, 0.15) is 5.56 Å². The van der Waals surface area contributed by atoms with Gasteiger partial charge in [0.2, 0.25) is 5.82 Å². The highest BCUT2D eigenvalue weighted by atomic mass is 35.5. The van der Waals surface area contributed by atoms with Crippen molar-refractivity contribution in [3.63, 3.8) is 0 Å². The van der Waals surface area contributed by atoms with E-state index in [0.29, 0.717) is 11.0 Å². The van der Waals surface area contributed by atoms with E-state index in [1.807, 2.05) is 0 Å². The van der Waals surface area contributed by atoms with E-state index in [0.717, 1.165) is 7.05 Å². The van der Waals surface area contributed by atoms with Crippen molar-refractivity contribution in [2.75, 3.05) is 11.9 Å². The third-order valence-corrected chi connectivity index (χ3v) is 4.40.